The summed E-state index contributed by atoms with van der Waals surface area (Å²) in [6, 6.07) is 8.03. The standard InChI is InChI=1S/C12H10BrN5S/c1-14-12-17-10-9(15-6-16-10)11(18-12)19-8-5-3-2-4-7(8)13/h2-6H,1H3,(H2,14,15,16,17,18). The third-order valence-corrected chi connectivity index (χ3v) is 4.54. The Kier molecular flexibility index (Phi) is 3.39. The number of nitrogens with one attached hydrogen (secondary N) is 2. The molecule has 0 unspecified atom stereocenters. The van der Waals surface area contributed by atoms with Gasteiger partial charge < -0.3 is 10.3 Å². The van der Waals surface area contributed by atoms with Crippen LogP contribution in [0.5, 0.6) is 0 Å². The van der Waals surface area contributed by atoms with Crippen LogP contribution in [0.15, 0.2) is 45.0 Å². The first-order valence-electron chi connectivity index (χ1n) is 5.59. The van der Waals surface area contributed by atoms with Gasteiger partial charge in [0.2, 0.25) is 5.95 Å². The van der Waals surface area contributed by atoms with E-state index in [0.29, 0.717) is 11.6 Å². The molecule has 0 saturated heterocycles. The number of aromatic nitrogens is 4. The van der Waals surface area contributed by atoms with Gasteiger partial charge in [-0.1, -0.05) is 23.9 Å². The van der Waals surface area contributed by atoms with Crippen molar-refractivity contribution in [2.24, 2.45) is 0 Å². The summed E-state index contributed by atoms with van der Waals surface area (Å²) in [6.45, 7) is 0. The Morgan fingerprint density at radius 2 is 2.11 bits per heavy atom. The van der Waals surface area contributed by atoms with Crippen LogP contribution in [0.2, 0.25) is 0 Å². The number of aromatic amines is 1. The highest BCUT2D eigenvalue weighted by Gasteiger charge is 2.11. The van der Waals surface area contributed by atoms with Gasteiger partial charge in [0.05, 0.1) is 6.33 Å². The van der Waals surface area contributed by atoms with Crippen molar-refractivity contribution in [1.29, 1.82) is 0 Å². The number of nitrogens with zero attached hydrogens (tertiary/aromatic N) is 3. The highest BCUT2D eigenvalue weighted by molar-refractivity contribution is 9.10. The summed E-state index contributed by atoms with van der Waals surface area (Å²) >= 11 is 5.11. The van der Waals surface area contributed by atoms with Crippen molar-refractivity contribution in [3.05, 3.63) is 35.1 Å². The third-order valence-electron chi connectivity index (χ3n) is 2.52. The van der Waals surface area contributed by atoms with Crippen molar-refractivity contribution < 1.29 is 0 Å². The molecule has 2 aromatic heterocycles. The molecule has 5 nitrogen and oxygen atoms in total. The molecule has 1 aromatic carbocycles. The minimum atomic E-state index is 0.564. The van der Waals surface area contributed by atoms with Gasteiger partial charge in [-0.2, -0.15) is 4.98 Å². The highest BCUT2D eigenvalue weighted by atomic mass is 79.9. The van der Waals surface area contributed by atoms with Crippen molar-refractivity contribution in [3.8, 4) is 0 Å². The zero-order chi connectivity index (χ0) is 13.2. The Morgan fingerprint density at radius 1 is 1.26 bits per heavy atom. The van der Waals surface area contributed by atoms with Crippen LogP contribution < -0.4 is 5.32 Å². The van der Waals surface area contributed by atoms with Crippen LogP contribution in [-0.2, 0) is 0 Å². The highest BCUT2D eigenvalue weighted by Crippen LogP contribution is 2.35. The monoisotopic (exact) mass is 335 g/mol. The van der Waals surface area contributed by atoms with Crippen molar-refractivity contribution in [2.45, 2.75) is 9.92 Å². The minimum absolute atomic E-state index is 0.564. The molecule has 0 atom stereocenters. The molecule has 0 bridgehead atoms. The average molecular weight is 336 g/mol. The van der Waals surface area contributed by atoms with Gasteiger partial charge >= 0.3 is 0 Å². The predicted octanol–water partition coefficient (Wildman–Crippen LogP) is 3.31. The number of H-pyrrole nitrogens is 1. The van der Waals surface area contributed by atoms with E-state index in [1.54, 1.807) is 25.1 Å². The van der Waals surface area contributed by atoms with Gasteiger partial charge in [-0.05, 0) is 28.1 Å². The van der Waals surface area contributed by atoms with E-state index in [2.05, 4.69) is 41.2 Å². The molecule has 0 fully saturated rings. The SMILES string of the molecule is CNc1nc(Sc2ccccc2Br)c2[nH]cnc2n1. The van der Waals surface area contributed by atoms with E-state index >= 15 is 0 Å². The molecule has 0 aliphatic carbocycles. The number of rotatable bonds is 3. The normalized spacial score (nSPS) is 10.8. The van der Waals surface area contributed by atoms with E-state index in [0.717, 1.165) is 19.9 Å². The van der Waals surface area contributed by atoms with Crippen LogP contribution in [0.4, 0.5) is 5.95 Å². The molecule has 3 aromatic rings. The van der Waals surface area contributed by atoms with Crippen LogP contribution in [0.1, 0.15) is 0 Å². The maximum absolute atomic E-state index is 4.48. The van der Waals surface area contributed by atoms with Gasteiger partial charge in [0.1, 0.15) is 10.5 Å². The van der Waals surface area contributed by atoms with Gasteiger partial charge in [-0.15, -0.1) is 0 Å². The molecular formula is C12H10BrN5S. The lowest BCUT2D eigenvalue weighted by Crippen LogP contribution is -1.98. The first-order valence-corrected chi connectivity index (χ1v) is 7.20. The van der Waals surface area contributed by atoms with E-state index in [4.69, 9.17) is 0 Å². The van der Waals surface area contributed by atoms with E-state index in [9.17, 15) is 0 Å². The van der Waals surface area contributed by atoms with E-state index in [-0.39, 0.29) is 0 Å². The van der Waals surface area contributed by atoms with Gasteiger partial charge in [0.15, 0.2) is 5.65 Å². The van der Waals surface area contributed by atoms with Crippen LogP contribution in [0.25, 0.3) is 11.2 Å². The lowest BCUT2D eigenvalue weighted by atomic mass is 10.4. The third kappa shape index (κ3) is 2.43. The summed E-state index contributed by atoms with van der Waals surface area (Å²) < 4.78 is 1.04. The smallest absolute Gasteiger partial charge is 0.225 e. The van der Waals surface area contributed by atoms with Crippen LogP contribution >= 0.6 is 27.7 Å². The summed E-state index contributed by atoms with van der Waals surface area (Å²) in [5.41, 5.74) is 1.51. The number of anilines is 1. The van der Waals surface area contributed by atoms with E-state index in [1.165, 1.54) is 0 Å². The summed E-state index contributed by atoms with van der Waals surface area (Å²) in [5.74, 6) is 0.564. The number of benzene rings is 1. The summed E-state index contributed by atoms with van der Waals surface area (Å²) in [4.78, 5) is 17.1. The van der Waals surface area contributed by atoms with Gasteiger partial charge in [-0.3, -0.25) is 0 Å². The van der Waals surface area contributed by atoms with Crippen LogP contribution in [0, 0.1) is 0 Å². The summed E-state index contributed by atoms with van der Waals surface area (Å²) in [6.07, 6.45) is 1.63. The average Bonchev–Trinajstić information content (AvgIpc) is 2.89. The fourth-order valence-corrected chi connectivity index (χ4v) is 3.06. The van der Waals surface area contributed by atoms with E-state index in [1.807, 2.05) is 24.3 Å². The topological polar surface area (TPSA) is 66.5 Å². The number of hydrogen-bond acceptors (Lipinski definition) is 5. The molecule has 96 valence electrons. The molecule has 7 heteroatoms. The van der Waals surface area contributed by atoms with Gasteiger partial charge in [0.25, 0.3) is 0 Å². The van der Waals surface area contributed by atoms with E-state index < -0.39 is 0 Å². The fraction of sp³-hybridized carbons (Fsp3) is 0.0833. The first kappa shape index (κ1) is 12.4. The van der Waals surface area contributed by atoms with Crippen molar-refractivity contribution in [1.82, 2.24) is 19.9 Å². The van der Waals surface area contributed by atoms with Gasteiger partial charge in [0, 0.05) is 16.4 Å². The maximum Gasteiger partial charge on any atom is 0.225 e. The lowest BCUT2D eigenvalue weighted by Gasteiger charge is -2.06. The second kappa shape index (κ2) is 5.18. The predicted molar refractivity (Wildman–Crippen MR) is 79.5 cm³/mol. The lowest BCUT2D eigenvalue weighted by molar-refractivity contribution is 1.08. The molecule has 0 aliphatic heterocycles. The maximum atomic E-state index is 4.48. The molecule has 0 saturated carbocycles. The van der Waals surface area contributed by atoms with Gasteiger partial charge in [-0.25, -0.2) is 9.97 Å². The van der Waals surface area contributed by atoms with Crippen molar-refractivity contribution >= 4 is 44.8 Å². The van der Waals surface area contributed by atoms with Crippen molar-refractivity contribution in [3.63, 3.8) is 0 Å². The molecule has 2 N–H and O–H groups in total. The summed E-state index contributed by atoms with van der Waals surface area (Å²) in [5, 5.41) is 3.79. The molecule has 0 amide bonds. The Balaban J connectivity index is 2.09. The quantitative estimate of drug-likeness (QED) is 0.719. The Labute approximate surface area is 122 Å². The fourth-order valence-electron chi connectivity index (χ4n) is 1.62. The molecule has 2 heterocycles. The van der Waals surface area contributed by atoms with Crippen molar-refractivity contribution in [2.75, 3.05) is 12.4 Å². The zero-order valence-corrected chi connectivity index (χ0v) is 12.4. The molecule has 0 aliphatic rings. The number of imidazole rings is 1. The zero-order valence-electron chi connectivity index (χ0n) is 10.0. The molecule has 0 radical (unpaired) electrons. The molecule has 19 heavy (non-hydrogen) atoms. The van der Waals surface area contributed by atoms with Crippen LogP contribution in [-0.4, -0.2) is 27.0 Å². The molecule has 0 spiro atoms. The Morgan fingerprint density at radius 3 is 2.89 bits per heavy atom. The summed E-state index contributed by atoms with van der Waals surface area (Å²) in [7, 11) is 1.79. The number of halogens is 1. The molecule has 3 rings (SSSR count). The minimum Gasteiger partial charge on any atom is -0.357 e. The second-order valence-electron chi connectivity index (χ2n) is 3.74. The van der Waals surface area contributed by atoms with Crippen LogP contribution in [0.3, 0.4) is 0 Å². The number of hydrogen-bond donors (Lipinski definition) is 2. The Hall–Kier alpha value is -1.60. The number of fused-ring (bicyclic) bond motifs is 1. The Bertz CT molecular complexity index is 727. The molecular weight excluding hydrogens is 326 g/mol. The second-order valence-corrected chi connectivity index (χ2v) is 5.62. The largest absolute Gasteiger partial charge is 0.357 e. The first-order chi connectivity index (χ1) is 9.28.